The van der Waals surface area contributed by atoms with E-state index in [1.807, 2.05) is 31.2 Å². The molecule has 1 atom stereocenters. The lowest BCUT2D eigenvalue weighted by atomic mass is 10.1. The Bertz CT molecular complexity index is 505. The summed E-state index contributed by atoms with van der Waals surface area (Å²) in [7, 11) is 0. The summed E-state index contributed by atoms with van der Waals surface area (Å²) in [5.74, 6) is -0.194. The van der Waals surface area contributed by atoms with Crippen LogP contribution in [0.25, 0.3) is 0 Å². The van der Waals surface area contributed by atoms with Crippen LogP contribution in [-0.2, 0) is 0 Å². The summed E-state index contributed by atoms with van der Waals surface area (Å²) >= 11 is 0. The number of rotatable bonds is 3. The molecule has 0 fully saturated rings. The summed E-state index contributed by atoms with van der Waals surface area (Å²) in [6, 6.07) is 7.43. The third-order valence-electron chi connectivity index (χ3n) is 2.43. The molecule has 0 radical (unpaired) electrons. The van der Waals surface area contributed by atoms with Crippen LogP contribution in [0.15, 0.2) is 36.7 Å². The fourth-order valence-electron chi connectivity index (χ4n) is 1.48. The van der Waals surface area contributed by atoms with Gasteiger partial charge < -0.3 is 11.1 Å². The summed E-state index contributed by atoms with van der Waals surface area (Å²) < 4.78 is 0. The van der Waals surface area contributed by atoms with Gasteiger partial charge in [0.15, 0.2) is 0 Å². The molecule has 2 rings (SSSR count). The summed E-state index contributed by atoms with van der Waals surface area (Å²) in [5, 5.41) is 9.11. The van der Waals surface area contributed by atoms with Crippen LogP contribution in [0.5, 0.6) is 0 Å². The molecule has 2 aromatic rings. The second-order valence-corrected chi connectivity index (χ2v) is 3.86. The van der Waals surface area contributed by atoms with E-state index in [4.69, 9.17) is 5.73 Å². The van der Waals surface area contributed by atoms with Crippen molar-refractivity contribution in [1.82, 2.24) is 10.2 Å². The van der Waals surface area contributed by atoms with Gasteiger partial charge in [-0.1, -0.05) is 12.1 Å². The van der Waals surface area contributed by atoms with Gasteiger partial charge in [-0.25, -0.2) is 0 Å². The number of amides is 1. The highest BCUT2D eigenvalue weighted by Crippen LogP contribution is 2.16. The molecule has 0 saturated heterocycles. The van der Waals surface area contributed by atoms with Crippen LogP contribution in [0.2, 0.25) is 0 Å². The van der Waals surface area contributed by atoms with E-state index < -0.39 is 0 Å². The molecule has 5 nitrogen and oxygen atoms in total. The molecule has 1 heterocycles. The number of nitrogens with two attached hydrogens (primary N) is 1. The van der Waals surface area contributed by atoms with Crippen molar-refractivity contribution in [2.24, 2.45) is 5.73 Å². The summed E-state index contributed by atoms with van der Waals surface area (Å²) in [6.07, 6.45) is 3.02. The number of carbonyl (C=O) groups is 1. The summed E-state index contributed by atoms with van der Waals surface area (Å²) in [4.78, 5) is 11.8. The normalized spacial score (nSPS) is 12.1. The van der Waals surface area contributed by atoms with Crippen molar-refractivity contribution in [2.75, 3.05) is 5.32 Å². The Balaban J connectivity index is 2.14. The minimum atomic E-state index is -0.194. The van der Waals surface area contributed by atoms with Gasteiger partial charge in [0.1, 0.15) is 0 Å². The van der Waals surface area contributed by atoms with Gasteiger partial charge in [-0.3, -0.25) is 9.89 Å². The number of anilines is 1. The van der Waals surface area contributed by atoms with E-state index in [9.17, 15) is 4.79 Å². The average Bonchev–Trinajstić information content (AvgIpc) is 2.82. The second-order valence-electron chi connectivity index (χ2n) is 3.86. The Hall–Kier alpha value is -2.14. The minimum absolute atomic E-state index is 0.0548. The van der Waals surface area contributed by atoms with Crippen LogP contribution < -0.4 is 11.1 Å². The molecule has 17 heavy (non-hydrogen) atoms. The molecule has 0 saturated carbocycles. The minimum Gasteiger partial charge on any atom is -0.324 e. The molecule has 5 heteroatoms. The van der Waals surface area contributed by atoms with Crippen LogP contribution in [0.4, 0.5) is 5.69 Å². The highest BCUT2D eigenvalue weighted by molar-refractivity contribution is 6.03. The molecule has 1 amide bonds. The molecule has 1 aromatic carbocycles. The number of aromatic nitrogens is 2. The number of hydrogen-bond donors (Lipinski definition) is 3. The van der Waals surface area contributed by atoms with E-state index in [1.54, 1.807) is 6.20 Å². The maximum Gasteiger partial charge on any atom is 0.258 e. The van der Waals surface area contributed by atoms with Crippen LogP contribution in [0.3, 0.4) is 0 Å². The van der Waals surface area contributed by atoms with E-state index in [0.29, 0.717) is 5.56 Å². The van der Waals surface area contributed by atoms with E-state index in [-0.39, 0.29) is 11.9 Å². The maximum atomic E-state index is 11.8. The van der Waals surface area contributed by atoms with Crippen molar-refractivity contribution in [3.8, 4) is 0 Å². The van der Waals surface area contributed by atoms with Gasteiger partial charge in [0.25, 0.3) is 5.91 Å². The molecule has 0 aliphatic heterocycles. The van der Waals surface area contributed by atoms with Crippen LogP contribution in [0, 0.1) is 0 Å². The van der Waals surface area contributed by atoms with Crippen LogP contribution in [-0.4, -0.2) is 16.1 Å². The quantitative estimate of drug-likeness (QED) is 0.750. The zero-order valence-corrected chi connectivity index (χ0v) is 9.47. The maximum absolute atomic E-state index is 11.8. The van der Waals surface area contributed by atoms with Crippen molar-refractivity contribution in [3.63, 3.8) is 0 Å². The van der Waals surface area contributed by atoms with E-state index in [1.165, 1.54) is 6.20 Å². The van der Waals surface area contributed by atoms with Crippen molar-refractivity contribution >= 4 is 11.6 Å². The molecule has 0 aliphatic rings. The lowest BCUT2D eigenvalue weighted by Crippen LogP contribution is -2.12. The Labute approximate surface area is 99.0 Å². The molecule has 4 N–H and O–H groups in total. The van der Waals surface area contributed by atoms with E-state index >= 15 is 0 Å². The number of nitrogens with one attached hydrogen (secondary N) is 2. The highest BCUT2D eigenvalue weighted by atomic mass is 16.1. The fraction of sp³-hybridized carbons (Fsp3) is 0.167. The first-order valence-corrected chi connectivity index (χ1v) is 5.32. The number of nitrogens with zero attached hydrogens (tertiary/aromatic N) is 1. The first-order chi connectivity index (χ1) is 8.16. The molecule has 0 bridgehead atoms. The standard InChI is InChI=1S/C12H14N4O/c1-8(13)9-3-2-4-11(5-9)16-12(17)10-6-14-15-7-10/h2-8H,13H2,1H3,(H,14,15)(H,16,17). The average molecular weight is 230 g/mol. The Morgan fingerprint density at radius 3 is 3.00 bits per heavy atom. The van der Waals surface area contributed by atoms with E-state index in [0.717, 1.165) is 11.3 Å². The largest absolute Gasteiger partial charge is 0.324 e. The second kappa shape index (κ2) is 4.80. The Morgan fingerprint density at radius 1 is 1.53 bits per heavy atom. The summed E-state index contributed by atoms with van der Waals surface area (Å²) in [6.45, 7) is 1.90. The van der Waals surface area contributed by atoms with Crippen molar-refractivity contribution in [1.29, 1.82) is 0 Å². The first-order valence-electron chi connectivity index (χ1n) is 5.32. The number of benzene rings is 1. The van der Waals surface area contributed by atoms with Crippen LogP contribution in [0.1, 0.15) is 28.9 Å². The van der Waals surface area contributed by atoms with E-state index in [2.05, 4.69) is 15.5 Å². The third-order valence-corrected chi connectivity index (χ3v) is 2.43. The van der Waals surface area contributed by atoms with Gasteiger partial charge in [-0.15, -0.1) is 0 Å². The smallest absolute Gasteiger partial charge is 0.258 e. The monoisotopic (exact) mass is 230 g/mol. The zero-order valence-electron chi connectivity index (χ0n) is 9.47. The first kappa shape index (κ1) is 11.3. The summed E-state index contributed by atoms with van der Waals surface area (Å²) in [5.41, 5.74) is 7.99. The molecular weight excluding hydrogens is 216 g/mol. The molecule has 1 aromatic heterocycles. The van der Waals surface area contributed by atoms with Crippen molar-refractivity contribution in [3.05, 3.63) is 47.8 Å². The molecule has 1 unspecified atom stereocenters. The Kier molecular flexibility index (Phi) is 3.20. The number of hydrogen-bond acceptors (Lipinski definition) is 3. The Morgan fingerprint density at radius 2 is 2.35 bits per heavy atom. The van der Waals surface area contributed by atoms with Crippen molar-refractivity contribution in [2.45, 2.75) is 13.0 Å². The lowest BCUT2D eigenvalue weighted by molar-refractivity contribution is 0.102. The number of aromatic amines is 1. The molecule has 88 valence electrons. The molecule has 0 aliphatic carbocycles. The van der Waals surface area contributed by atoms with Crippen molar-refractivity contribution < 1.29 is 4.79 Å². The van der Waals surface area contributed by atoms with Crippen LogP contribution >= 0.6 is 0 Å². The number of H-pyrrole nitrogens is 1. The predicted molar refractivity (Wildman–Crippen MR) is 65.6 cm³/mol. The molecule has 0 spiro atoms. The molecular formula is C12H14N4O. The van der Waals surface area contributed by atoms with Gasteiger partial charge in [0.2, 0.25) is 0 Å². The van der Waals surface area contributed by atoms with Gasteiger partial charge >= 0.3 is 0 Å². The van der Waals surface area contributed by atoms with Gasteiger partial charge in [0, 0.05) is 17.9 Å². The zero-order chi connectivity index (χ0) is 12.3. The third kappa shape index (κ3) is 2.70. The number of carbonyl (C=O) groups excluding carboxylic acids is 1. The lowest BCUT2D eigenvalue weighted by Gasteiger charge is -2.08. The van der Waals surface area contributed by atoms with Gasteiger partial charge in [-0.2, -0.15) is 5.10 Å². The van der Waals surface area contributed by atoms with Gasteiger partial charge in [0.05, 0.1) is 11.8 Å². The highest BCUT2D eigenvalue weighted by Gasteiger charge is 2.07. The topological polar surface area (TPSA) is 83.8 Å². The predicted octanol–water partition coefficient (Wildman–Crippen LogP) is 1.68. The SMILES string of the molecule is CC(N)c1cccc(NC(=O)c2cn[nH]c2)c1. The fourth-order valence-corrected chi connectivity index (χ4v) is 1.48. The van der Waals surface area contributed by atoms with Gasteiger partial charge in [-0.05, 0) is 24.6 Å².